The summed E-state index contributed by atoms with van der Waals surface area (Å²) in [5, 5.41) is 9.01. The van der Waals surface area contributed by atoms with Gasteiger partial charge in [0.15, 0.2) is 0 Å². The predicted molar refractivity (Wildman–Crippen MR) is 139 cm³/mol. The van der Waals surface area contributed by atoms with Crippen LogP contribution in [0.4, 0.5) is 0 Å². The number of carbonyl (C=O) groups is 1. The summed E-state index contributed by atoms with van der Waals surface area (Å²) in [5.74, 6) is 0.486. The Morgan fingerprint density at radius 2 is 1.69 bits per heavy atom. The zero-order chi connectivity index (χ0) is 26.0. The monoisotopic (exact) mass is 536 g/mol. The summed E-state index contributed by atoms with van der Waals surface area (Å²) in [6.45, 7) is 8.88. The number of aryl methyl sites for hydroxylation is 2. The number of hydrogen-bond donors (Lipinski definition) is 0. The number of piperazine rings is 1. The number of sulfonamides is 1. The average Bonchev–Trinajstić information content (AvgIpc) is 3.32. The summed E-state index contributed by atoms with van der Waals surface area (Å²) in [5.41, 5.74) is 1.23. The van der Waals surface area contributed by atoms with Crippen molar-refractivity contribution in [3.05, 3.63) is 33.3 Å². The number of carbonyl (C=O) groups excluding carboxylic acids is 1. The first-order valence-corrected chi connectivity index (χ1v) is 14.5. The van der Waals surface area contributed by atoms with E-state index in [1.54, 1.807) is 33.1 Å². The lowest BCUT2D eigenvalue weighted by Gasteiger charge is -2.42. The quantitative estimate of drug-likeness (QED) is 0.529. The third-order valence-electron chi connectivity index (χ3n) is 7.15. The fourth-order valence-corrected chi connectivity index (χ4v) is 7.53. The standard InChI is InChI=1S/C24H36N6O4S2/c1-17-14-20(34-5)15-18(2)22(17)36(32,33)28(4)16-21-25-26-23(35-21)24(31)30-12-10-29(11-13-30)19-6-8-27(3)9-7-19/h14-15,19H,6-13,16H2,1-5H3. The van der Waals surface area contributed by atoms with Crippen LogP contribution in [0.2, 0.25) is 0 Å². The molecule has 12 heteroatoms. The minimum absolute atomic E-state index is 0.0437. The summed E-state index contributed by atoms with van der Waals surface area (Å²) in [6, 6.07) is 4.02. The highest BCUT2D eigenvalue weighted by Gasteiger charge is 2.31. The van der Waals surface area contributed by atoms with E-state index in [1.165, 1.54) is 24.2 Å². The maximum Gasteiger partial charge on any atom is 0.284 e. The summed E-state index contributed by atoms with van der Waals surface area (Å²) in [7, 11) is 1.47. The minimum Gasteiger partial charge on any atom is -0.497 e. The van der Waals surface area contributed by atoms with Crippen molar-refractivity contribution in [2.24, 2.45) is 0 Å². The Labute approximate surface area is 217 Å². The lowest BCUT2D eigenvalue weighted by molar-refractivity contribution is 0.0474. The van der Waals surface area contributed by atoms with Crippen molar-refractivity contribution >= 4 is 27.3 Å². The molecule has 0 spiro atoms. The Morgan fingerprint density at radius 1 is 1.08 bits per heavy atom. The van der Waals surface area contributed by atoms with Gasteiger partial charge in [0.2, 0.25) is 15.0 Å². The number of aromatic nitrogens is 2. The van der Waals surface area contributed by atoms with Crippen LogP contribution in [0.3, 0.4) is 0 Å². The van der Waals surface area contributed by atoms with E-state index in [9.17, 15) is 13.2 Å². The fourth-order valence-electron chi connectivity index (χ4n) is 5.06. The Hall–Kier alpha value is -2.12. The maximum atomic E-state index is 13.3. The Bertz CT molecular complexity index is 1160. The van der Waals surface area contributed by atoms with Crippen LogP contribution in [-0.2, 0) is 16.6 Å². The van der Waals surface area contributed by atoms with Gasteiger partial charge in [-0.2, -0.15) is 4.31 Å². The van der Waals surface area contributed by atoms with Crippen molar-refractivity contribution in [3.63, 3.8) is 0 Å². The second-order valence-electron chi connectivity index (χ2n) is 9.71. The molecular formula is C24H36N6O4S2. The van der Waals surface area contributed by atoms with Crippen molar-refractivity contribution in [1.82, 2.24) is 29.2 Å². The van der Waals surface area contributed by atoms with E-state index in [1.807, 2.05) is 4.90 Å². The number of amides is 1. The first kappa shape index (κ1) is 26.9. The Balaban J connectivity index is 1.37. The van der Waals surface area contributed by atoms with Crippen molar-refractivity contribution in [2.75, 3.05) is 60.5 Å². The molecule has 1 amide bonds. The van der Waals surface area contributed by atoms with Crippen LogP contribution >= 0.6 is 11.3 Å². The van der Waals surface area contributed by atoms with Crippen molar-refractivity contribution < 1.29 is 17.9 Å². The number of hydrogen-bond acceptors (Lipinski definition) is 9. The summed E-state index contributed by atoms with van der Waals surface area (Å²) >= 11 is 1.16. The van der Waals surface area contributed by atoms with E-state index in [0.717, 1.165) is 37.5 Å². The normalized spacial score (nSPS) is 18.7. The molecule has 2 aliphatic rings. The van der Waals surface area contributed by atoms with E-state index in [-0.39, 0.29) is 17.3 Å². The highest BCUT2D eigenvalue weighted by molar-refractivity contribution is 7.89. The highest BCUT2D eigenvalue weighted by Crippen LogP contribution is 2.29. The molecule has 0 radical (unpaired) electrons. The number of rotatable bonds is 7. The molecule has 1 aromatic carbocycles. The van der Waals surface area contributed by atoms with Crippen LogP contribution in [0.25, 0.3) is 0 Å². The van der Waals surface area contributed by atoms with Gasteiger partial charge in [-0.05, 0) is 70.1 Å². The zero-order valence-electron chi connectivity index (χ0n) is 21.7. The van der Waals surface area contributed by atoms with Crippen LogP contribution < -0.4 is 4.74 Å². The first-order chi connectivity index (χ1) is 17.1. The predicted octanol–water partition coefficient (Wildman–Crippen LogP) is 1.84. The molecule has 2 fully saturated rings. The molecule has 2 aromatic rings. The molecule has 0 unspecified atom stereocenters. The SMILES string of the molecule is COc1cc(C)c(S(=O)(=O)N(C)Cc2nnc(C(=O)N3CCN(C4CCN(C)CC4)CC3)s2)c(C)c1. The van der Waals surface area contributed by atoms with Crippen molar-refractivity contribution in [2.45, 2.75) is 44.2 Å². The van der Waals surface area contributed by atoms with Gasteiger partial charge in [-0.1, -0.05) is 11.3 Å². The van der Waals surface area contributed by atoms with Gasteiger partial charge in [-0.25, -0.2) is 8.42 Å². The van der Waals surface area contributed by atoms with Crippen LogP contribution in [0.5, 0.6) is 5.75 Å². The van der Waals surface area contributed by atoms with Gasteiger partial charge in [-0.15, -0.1) is 10.2 Å². The van der Waals surface area contributed by atoms with E-state index >= 15 is 0 Å². The van der Waals surface area contributed by atoms with Crippen LogP contribution in [0.1, 0.15) is 38.8 Å². The molecule has 3 heterocycles. The van der Waals surface area contributed by atoms with Gasteiger partial charge in [0.25, 0.3) is 5.91 Å². The highest BCUT2D eigenvalue weighted by atomic mass is 32.2. The molecular weight excluding hydrogens is 500 g/mol. The second-order valence-corrected chi connectivity index (χ2v) is 12.8. The van der Waals surface area contributed by atoms with Crippen LogP contribution in [-0.4, -0.2) is 110 Å². The summed E-state index contributed by atoms with van der Waals surface area (Å²) in [6.07, 6.45) is 2.35. The maximum absolute atomic E-state index is 13.3. The van der Waals surface area contributed by atoms with Gasteiger partial charge in [-0.3, -0.25) is 9.69 Å². The van der Waals surface area contributed by atoms with Gasteiger partial charge in [0, 0.05) is 39.3 Å². The number of methoxy groups -OCH3 is 1. The molecule has 2 saturated heterocycles. The minimum atomic E-state index is -3.76. The van der Waals surface area contributed by atoms with E-state index in [4.69, 9.17) is 4.74 Å². The first-order valence-electron chi connectivity index (χ1n) is 12.3. The average molecular weight is 537 g/mol. The van der Waals surface area contributed by atoms with E-state index < -0.39 is 10.0 Å². The third kappa shape index (κ3) is 5.72. The molecule has 0 saturated carbocycles. The molecule has 36 heavy (non-hydrogen) atoms. The molecule has 0 atom stereocenters. The van der Waals surface area contributed by atoms with Gasteiger partial charge >= 0.3 is 0 Å². The Morgan fingerprint density at radius 3 is 2.28 bits per heavy atom. The molecule has 10 nitrogen and oxygen atoms in total. The van der Waals surface area contributed by atoms with Crippen LogP contribution in [0, 0.1) is 13.8 Å². The molecule has 0 N–H and O–H groups in total. The zero-order valence-corrected chi connectivity index (χ0v) is 23.4. The topological polar surface area (TPSA) is 99.2 Å². The number of piperidine rings is 1. The fraction of sp³-hybridized carbons (Fsp3) is 0.625. The molecule has 0 bridgehead atoms. The van der Waals surface area contributed by atoms with E-state index in [2.05, 4.69) is 27.0 Å². The lowest BCUT2D eigenvalue weighted by atomic mass is 10.0. The smallest absolute Gasteiger partial charge is 0.284 e. The number of benzene rings is 1. The molecule has 198 valence electrons. The van der Waals surface area contributed by atoms with Crippen LogP contribution in [0.15, 0.2) is 17.0 Å². The van der Waals surface area contributed by atoms with Gasteiger partial charge in [0.05, 0.1) is 18.6 Å². The molecule has 1 aromatic heterocycles. The molecule has 0 aliphatic carbocycles. The third-order valence-corrected chi connectivity index (χ3v) is 10.2. The van der Waals surface area contributed by atoms with Gasteiger partial charge < -0.3 is 14.5 Å². The molecule has 4 rings (SSSR count). The largest absolute Gasteiger partial charge is 0.497 e. The summed E-state index contributed by atoms with van der Waals surface area (Å²) in [4.78, 5) is 20.0. The van der Waals surface area contributed by atoms with Gasteiger partial charge in [0.1, 0.15) is 10.8 Å². The second kappa shape index (κ2) is 11.1. The lowest BCUT2D eigenvalue weighted by Crippen LogP contribution is -2.54. The summed E-state index contributed by atoms with van der Waals surface area (Å²) < 4.78 is 33.1. The molecule has 2 aliphatic heterocycles. The number of nitrogens with zero attached hydrogens (tertiary/aromatic N) is 6. The number of likely N-dealkylation sites (tertiary alicyclic amines) is 1. The van der Waals surface area contributed by atoms with Crippen molar-refractivity contribution in [1.29, 1.82) is 0 Å². The van der Waals surface area contributed by atoms with E-state index in [0.29, 0.717) is 46.0 Å². The number of ether oxygens (including phenoxy) is 1. The van der Waals surface area contributed by atoms with Crippen molar-refractivity contribution in [3.8, 4) is 5.75 Å². The Kier molecular flexibility index (Phi) is 8.30.